The lowest BCUT2D eigenvalue weighted by Gasteiger charge is -2.41. The van der Waals surface area contributed by atoms with Crippen LogP contribution in [0.4, 0.5) is 5.69 Å². The van der Waals surface area contributed by atoms with E-state index < -0.39 is 0 Å². The van der Waals surface area contributed by atoms with Gasteiger partial charge in [-0.25, -0.2) is 9.99 Å². The maximum atomic E-state index is 11.9. The van der Waals surface area contributed by atoms with Crippen molar-refractivity contribution in [3.63, 3.8) is 0 Å². The summed E-state index contributed by atoms with van der Waals surface area (Å²) in [5.41, 5.74) is 1.04. The molecule has 1 fully saturated rings. The molecule has 0 aliphatic carbocycles. The maximum Gasteiger partial charge on any atom is 0.274 e. The quantitative estimate of drug-likeness (QED) is 0.693. The summed E-state index contributed by atoms with van der Waals surface area (Å²) in [6.45, 7) is 5.24. The van der Waals surface area contributed by atoms with Gasteiger partial charge >= 0.3 is 0 Å². The van der Waals surface area contributed by atoms with Gasteiger partial charge in [-0.05, 0) is 13.8 Å². The van der Waals surface area contributed by atoms with Crippen LogP contribution < -0.4 is 10.5 Å². The minimum atomic E-state index is -0.170. The van der Waals surface area contributed by atoms with E-state index in [1.54, 1.807) is 13.8 Å². The Morgan fingerprint density at radius 2 is 1.94 bits per heavy atom. The fraction of sp³-hybridized carbons (Fsp3) is 0.600. The van der Waals surface area contributed by atoms with Crippen molar-refractivity contribution in [2.24, 2.45) is 0 Å². The van der Waals surface area contributed by atoms with E-state index in [-0.39, 0.29) is 10.9 Å². The number of piperazine rings is 1. The Balaban J connectivity index is 2.18. The highest BCUT2D eigenvalue weighted by Gasteiger charge is 2.21. The molecule has 0 bridgehead atoms. The van der Waals surface area contributed by atoms with E-state index in [0.717, 1.165) is 0 Å². The lowest BCUT2D eigenvalue weighted by Crippen LogP contribution is -2.52. The molecule has 8 heteroatoms. The van der Waals surface area contributed by atoms with E-state index in [9.17, 15) is 10.0 Å². The van der Waals surface area contributed by atoms with Gasteiger partial charge in [-0.3, -0.25) is 4.79 Å². The van der Waals surface area contributed by atoms with Crippen LogP contribution >= 0.6 is 0 Å². The van der Waals surface area contributed by atoms with Crippen molar-refractivity contribution in [2.75, 3.05) is 31.1 Å². The average Bonchev–Trinajstić information content (AvgIpc) is 2.28. The SMILES string of the molecule is Cc1nc(C)c(N2CCN(N([O-])O)CC2)c(=O)[nH]1. The Hall–Kier alpha value is -1.48. The average molecular weight is 254 g/mol. The molecule has 0 saturated carbocycles. The molecule has 1 aliphatic rings. The number of nitrogens with zero attached hydrogens (tertiary/aromatic N) is 4. The second-order valence-electron chi connectivity index (χ2n) is 4.28. The van der Waals surface area contributed by atoms with E-state index >= 15 is 0 Å². The third-order valence-electron chi connectivity index (χ3n) is 3.00. The minimum Gasteiger partial charge on any atom is -0.748 e. The van der Waals surface area contributed by atoms with Crippen molar-refractivity contribution in [1.82, 2.24) is 20.3 Å². The van der Waals surface area contributed by atoms with Crippen molar-refractivity contribution >= 4 is 5.69 Å². The fourth-order valence-corrected chi connectivity index (χ4v) is 2.18. The van der Waals surface area contributed by atoms with E-state index in [1.165, 1.54) is 5.01 Å². The molecule has 1 aliphatic heterocycles. The number of H-pyrrole nitrogens is 1. The summed E-state index contributed by atoms with van der Waals surface area (Å²) in [6.07, 6.45) is 0. The molecule has 2 N–H and O–H groups in total. The van der Waals surface area contributed by atoms with Gasteiger partial charge in [0.2, 0.25) is 0 Å². The van der Waals surface area contributed by atoms with Crippen LogP contribution in [0.5, 0.6) is 0 Å². The highest BCUT2D eigenvalue weighted by molar-refractivity contribution is 5.48. The molecular formula is C10H16N5O3-. The van der Waals surface area contributed by atoms with Gasteiger partial charge in [0.25, 0.3) is 5.56 Å². The summed E-state index contributed by atoms with van der Waals surface area (Å²) >= 11 is 0. The van der Waals surface area contributed by atoms with E-state index in [2.05, 4.69) is 9.97 Å². The summed E-state index contributed by atoms with van der Waals surface area (Å²) in [5, 5.41) is 20.6. The summed E-state index contributed by atoms with van der Waals surface area (Å²) in [6, 6.07) is 0. The number of aromatic nitrogens is 2. The molecule has 0 atom stereocenters. The molecule has 0 radical (unpaired) electrons. The number of aryl methyl sites for hydroxylation is 2. The first-order valence-corrected chi connectivity index (χ1v) is 5.72. The van der Waals surface area contributed by atoms with Crippen LogP contribution in [-0.2, 0) is 0 Å². The standard InChI is InChI=1S/C10H16N5O3/c1-7-9(10(16)12-8(2)11-7)13-3-5-14(6-4-13)15(17)18/h17H,3-6H2,1-2H3,(H,11,12,16)/q-1. The van der Waals surface area contributed by atoms with Gasteiger partial charge in [-0.2, -0.15) is 5.34 Å². The Labute approximate surface area is 104 Å². The van der Waals surface area contributed by atoms with Crippen LogP contribution in [0.25, 0.3) is 0 Å². The predicted octanol–water partition coefficient (Wildman–Crippen LogP) is -0.387. The number of hydrogen-bond donors (Lipinski definition) is 2. The van der Waals surface area contributed by atoms with E-state index in [0.29, 0.717) is 43.4 Å². The Bertz CT molecular complexity index is 479. The van der Waals surface area contributed by atoms with Crippen LogP contribution in [0.3, 0.4) is 0 Å². The fourth-order valence-electron chi connectivity index (χ4n) is 2.18. The molecule has 0 spiro atoms. The first kappa shape index (κ1) is 13.0. The lowest BCUT2D eigenvalue weighted by atomic mass is 10.2. The van der Waals surface area contributed by atoms with Gasteiger partial charge in [0, 0.05) is 26.2 Å². The van der Waals surface area contributed by atoms with Crippen molar-refractivity contribution < 1.29 is 5.21 Å². The number of anilines is 1. The summed E-state index contributed by atoms with van der Waals surface area (Å²) in [5.74, 6) is 0.584. The van der Waals surface area contributed by atoms with Crippen LogP contribution in [0.1, 0.15) is 11.5 Å². The molecule has 100 valence electrons. The van der Waals surface area contributed by atoms with Crippen molar-refractivity contribution in [1.29, 1.82) is 0 Å². The Morgan fingerprint density at radius 3 is 2.44 bits per heavy atom. The summed E-state index contributed by atoms with van der Waals surface area (Å²) in [4.78, 5) is 20.7. The maximum absolute atomic E-state index is 11.9. The smallest absolute Gasteiger partial charge is 0.274 e. The van der Waals surface area contributed by atoms with Crippen LogP contribution in [-0.4, -0.2) is 51.7 Å². The predicted molar refractivity (Wildman–Crippen MR) is 65.1 cm³/mol. The second-order valence-corrected chi connectivity index (χ2v) is 4.28. The molecule has 1 saturated heterocycles. The summed E-state index contributed by atoms with van der Waals surface area (Å²) < 4.78 is 0. The zero-order valence-corrected chi connectivity index (χ0v) is 10.4. The van der Waals surface area contributed by atoms with Crippen molar-refractivity contribution in [3.05, 3.63) is 27.1 Å². The van der Waals surface area contributed by atoms with Crippen molar-refractivity contribution in [2.45, 2.75) is 13.8 Å². The van der Waals surface area contributed by atoms with Crippen molar-refractivity contribution in [3.8, 4) is 0 Å². The zero-order valence-electron chi connectivity index (χ0n) is 10.4. The number of aromatic amines is 1. The van der Waals surface area contributed by atoms with Gasteiger partial charge in [0.1, 0.15) is 11.5 Å². The number of rotatable bonds is 2. The first-order chi connectivity index (χ1) is 8.49. The third kappa shape index (κ3) is 2.51. The molecule has 2 heterocycles. The number of hydrogen-bond acceptors (Lipinski definition) is 7. The van der Waals surface area contributed by atoms with Gasteiger partial charge in [-0.15, -0.1) is 0 Å². The molecule has 1 aromatic rings. The lowest BCUT2D eigenvalue weighted by molar-refractivity contribution is -0.207. The monoisotopic (exact) mass is 254 g/mol. The highest BCUT2D eigenvalue weighted by Crippen LogP contribution is 2.15. The van der Waals surface area contributed by atoms with Gasteiger partial charge in [0.15, 0.2) is 0 Å². The molecule has 0 amide bonds. The van der Waals surface area contributed by atoms with E-state index in [4.69, 9.17) is 5.21 Å². The molecule has 8 nitrogen and oxygen atoms in total. The van der Waals surface area contributed by atoms with Crippen LogP contribution in [0.15, 0.2) is 4.79 Å². The van der Waals surface area contributed by atoms with Gasteiger partial charge in [0.05, 0.1) is 5.69 Å². The molecule has 0 aromatic carbocycles. The normalized spacial score (nSPS) is 17.5. The van der Waals surface area contributed by atoms with E-state index in [1.807, 2.05) is 4.90 Å². The highest BCUT2D eigenvalue weighted by atomic mass is 16.8. The topological polar surface area (TPSA) is 98.8 Å². The number of nitrogens with one attached hydrogen (secondary N) is 1. The van der Waals surface area contributed by atoms with Gasteiger partial charge in [-0.1, -0.05) is 0 Å². The largest absolute Gasteiger partial charge is 0.748 e. The Kier molecular flexibility index (Phi) is 3.62. The first-order valence-electron chi connectivity index (χ1n) is 5.72. The minimum absolute atomic E-state index is 0.151. The third-order valence-corrected chi connectivity index (χ3v) is 3.00. The van der Waals surface area contributed by atoms with Crippen LogP contribution in [0.2, 0.25) is 0 Å². The Morgan fingerprint density at radius 1 is 1.33 bits per heavy atom. The molecule has 0 unspecified atom stereocenters. The molecular weight excluding hydrogens is 238 g/mol. The number of hydrazine groups is 1. The van der Waals surface area contributed by atoms with Gasteiger partial charge < -0.3 is 20.3 Å². The summed E-state index contributed by atoms with van der Waals surface area (Å²) in [7, 11) is 0. The molecule has 2 rings (SSSR count). The second kappa shape index (κ2) is 5.02. The van der Waals surface area contributed by atoms with Crippen LogP contribution in [0, 0.1) is 19.1 Å². The molecule has 1 aromatic heterocycles. The zero-order chi connectivity index (χ0) is 13.3. The molecule has 18 heavy (non-hydrogen) atoms.